The van der Waals surface area contributed by atoms with Crippen LogP contribution < -0.4 is 5.32 Å². The van der Waals surface area contributed by atoms with Gasteiger partial charge in [0, 0.05) is 29.9 Å². The molecular formula is C27H29ClN4O3. The molecule has 0 bridgehead atoms. The van der Waals surface area contributed by atoms with Crippen molar-refractivity contribution in [2.75, 3.05) is 12.4 Å². The number of para-hydroxylation sites is 1. The van der Waals surface area contributed by atoms with Gasteiger partial charge in [-0.3, -0.25) is 14.4 Å². The SMILES string of the molecule is CN(C(=O)[C@H](CC(C)(C)C)N1Cc2cc(Cl)ccc2C1=O)[C@H](C#N)C[C@H]1C(=O)Nc2ccccc21. The Labute approximate surface area is 210 Å². The summed E-state index contributed by atoms with van der Waals surface area (Å²) in [5.41, 5.74) is 2.64. The van der Waals surface area contributed by atoms with E-state index in [9.17, 15) is 19.6 Å². The van der Waals surface area contributed by atoms with Gasteiger partial charge in [-0.15, -0.1) is 0 Å². The van der Waals surface area contributed by atoms with Crippen LogP contribution in [0.4, 0.5) is 5.69 Å². The molecule has 1 N–H and O–H groups in total. The Morgan fingerprint density at radius 3 is 2.66 bits per heavy atom. The van der Waals surface area contributed by atoms with E-state index in [2.05, 4.69) is 11.4 Å². The van der Waals surface area contributed by atoms with E-state index in [1.807, 2.05) is 45.0 Å². The van der Waals surface area contributed by atoms with Crippen LogP contribution in [0.15, 0.2) is 42.5 Å². The van der Waals surface area contributed by atoms with E-state index in [0.29, 0.717) is 17.0 Å². The average Bonchev–Trinajstić information content (AvgIpc) is 3.29. The molecule has 0 radical (unpaired) electrons. The molecule has 4 rings (SSSR count). The lowest BCUT2D eigenvalue weighted by Gasteiger charge is -2.36. The van der Waals surface area contributed by atoms with Crippen LogP contribution in [0.5, 0.6) is 0 Å². The van der Waals surface area contributed by atoms with Crippen molar-refractivity contribution in [2.45, 2.75) is 58.2 Å². The number of halogens is 1. The fraction of sp³-hybridized carbons (Fsp3) is 0.407. The van der Waals surface area contributed by atoms with Gasteiger partial charge in [0.25, 0.3) is 5.91 Å². The van der Waals surface area contributed by atoms with Crippen LogP contribution in [0.1, 0.15) is 61.0 Å². The van der Waals surface area contributed by atoms with Crippen molar-refractivity contribution in [3.63, 3.8) is 0 Å². The van der Waals surface area contributed by atoms with Crippen molar-refractivity contribution >= 4 is 35.0 Å². The number of nitriles is 1. The number of fused-ring (bicyclic) bond motifs is 2. The van der Waals surface area contributed by atoms with Gasteiger partial charge in [0.15, 0.2) is 0 Å². The summed E-state index contributed by atoms with van der Waals surface area (Å²) in [5, 5.41) is 13.4. The molecule has 35 heavy (non-hydrogen) atoms. The van der Waals surface area contributed by atoms with Gasteiger partial charge in [0.1, 0.15) is 12.1 Å². The first-order valence-electron chi connectivity index (χ1n) is 11.7. The first-order valence-corrected chi connectivity index (χ1v) is 12.0. The monoisotopic (exact) mass is 492 g/mol. The van der Waals surface area contributed by atoms with Crippen LogP contribution in [0.3, 0.4) is 0 Å². The Morgan fingerprint density at radius 1 is 1.26 bits per heavy atom. The van der Waals surface area contributed by atoms with Gasteiger partial charge in [-0.2, -0.15) is 5.26 Å². The predicted molar refractivity (Wildman–Crippen MR) is 134 cm³/mol. The second kappa shape index (κ2) is 9.35. The molecular weight excluding hydrogens is 464 g/mol. The summed E-state index contributed by atoms with van der Waals surface area (Å²) in [7, 11) is 1.58. The number of carbonyl (C=O) groups is 3. The molecule has 2 aliphatic rings. The normalized spacial score (nSPS) is 18.4. The van der Waals surface area contributed by atoms with Crippen LogP contribution in [-0.4, -0.2) is 46.7 Å². The summed E-state index contributed by atoms with van der Waals surface area (Å²) in [5.74, 6) is -1.23. The highest BCUT2D eigenvalue weighted by Gasteiger charge is 2.42. The van der Waals surface area contributed by atoms with E-state index in [0.717, 1.165) is 16.8 Å². The van der Waals surface area contributed by atoms with Gasteiger partial charge in [-0.25, -0.2) is 0 Å². The Bertz CT molecular complexity index is 1230. The first kappa shape index (κ1) is 24.7. The first-order chi connectivity index (χ1) is 16.5. The highest BCUT2D eigenvalue weighted by Crippen LogP contribution is 2.37. The van der Waals surface area contributed by atoms with E-state index in [4.69, 9.17) is 11.6 Å². The van der Waals surface area contributed by atoms with Gasteiger partial charge in [0.2, 0.25) is 11.8 Å². The Kier molecular flexibility index (Phi) is 6.61. The minimum atomic E-state index is -0.832. The van der Waals surface area contributed by atoms with Crippen molar-refractivity contribution in [2.24, 2.45) is 5.41 Å². The number of carbonyl (C=O) groups excluding carboxylic acids is 3. The van der Waals surface area contributed by atoms with E-state index >= 15 is 0 Å². The minimum Gasteiger partial charge on any atom is -0.328 e. The molecule has 2 aromatic rings. The zero-order valence-electron chi connectivity index (χ0n) is 20.3. The van der Waals surface area contributed by atoms with Gasteiger partial charge in [-0.1, -0.05) is 50.6 Å². The zero-order valence-corrected chi connectivity index (χ0v) is 21.1. The number of hydrogen-bond acceptors (Lipinski definition) is 4. The lowest BCUT2D eigenvalue weighted by Crippen LogP contribution is -2.52. The molecule has 8 heteroatoms. The largest absolute Gasteiger partial charge is 0.328 e. The molecule has 2 aromatic carbocycles. The van der Waals surface area contributed by atoms with Gasteiger partial charge in [0.05, 0.1) is 12.0 Å². The second-order valence-corrected chi connectivity index (χ2v) is 10.9. The maximum Gasteiger partial charge on any atom is 0.255 e. The molecule has 0 unspecified atom stereocenters. The summed E-state index contributed by atoms with van der Waals surface area (Å²) in [6.45, 7) is 6.32. The predicted octanol–water partition coefficient (Wildman–Crippen LogP) is 4.58. The Morgan fingerprint density at radius 2 is 1.97 bits per heavy atom. The molecule has 3 amide bonds. The summed E-state index contributed by atoms with van der Waals surface area (Å²) in [6, 6.07) is 13.1. The van der Waals surface area contributed by atoms with Crippen LogP contribution in [0, 0.1) is 16.7 Å². The standard InChI is InChI=1S/C27H29ClN4O3/c1-27(2,3)13-23(32-15-16-11-17(28)9-10-19(16)25(32)34)26(35)31(4)18(14-29)12-21-20-7-5-6-8-22(20)30-24(21)33/h5-11,18,21,23H,12-13,15H2,1-4H3,(H,30,33)/t18-,21+,23-/m0/s1. The average molecular weight is 493 g/mol. The van der Waals surface area contributed by atoms with Gasteiger partial charge >= 0.3 is 0 Å². The van der Waals surface area contributed by atoms with Crippen LogP contribution in [0.25, 0.3) is 0 Å². The lowest BCUT2D eigenvalue weighted by atomic mass is 9.86. The van der Waals surface area contributed by atoms with Crippen molar-refractivity contribution in [1.29, 1.82) is 5.26 Å². The van der Waals surface area contributed by atoms with Crippen molar-refractivity contribution in [3.05, 3.63) is 64.2 Å². The number of nitrogens with zero attached hydrogens (tertiary/aromatic N) is 3. The quantitative estimate of drug-likeness (QED) is 0.638. The molecule has 0 aliphatic carbocycles. The van der Waals surface area contributed by atoms with Crippen molar-refractivity contribution in [1.82, 2.24) is 9.80 Å². The van der Waals surface area contributed by atoms with Crippen LogP contribution in [0.2, 0.25) is 5.02 Å². The van der Waals surface area contributed by atoms with E-state index in [1.54, 1.807) is 30.1 Å². The topological polar surface area (TPSA) is 93.5 Å². The lowest BCUT2D eigenvalue weighted by molar-refractivity contribution is -0.137. The van der Waals surface area contributed by atoms with E-state index < -0.39 is 18.0 Å². The zero-order chi connectivity index (χ0) is 25.5. The molecule has 2 heterocycles. The fourth-order valence-electron chi connectivity index (χ4n) is 4.89. The molecule has 0 fully saturated rings. The molecule has 0 saturated carbocycles. The number of rotatable bonds is 6. The summed E-state index contributed by atoms with van der Waals surface area (Å²) in [6.07, 6.45) is 0.599. The smallest absolute Gasteiger partial charge is 0.255 e. The van der Waals surface area contributed by atoms with Crippen LogP contribution >= 0.6 is 11.6 Å². The molecule has 0 aromatic heterocycles. The third-order valence-electron chi connectivity index (χ3n) is 6.70. The third kappa shape index (κ3) is 4.89. The molecule has 7 nitrogen and oxygen atoms in total. The number of hydrogen-bond donors (Lipinski definition) is 1. The van der Waals surface area contributed by atoms with Crippen molar-refractivity contribution < 1.29 is 14.4 Å². The number of nitrogens with one attached hydrogen (secondary N) is 1. The summed E-state index contributed by atoms with van der Waals surface area (Å²) in [4.78, 5) is 42.7. The molecule has 2 aliphatic heterocycles. The Hall–Kier alpha value is -3.37. The van der Waals surface area contributed by atoms with E-state index in [-0.39, 0.29) is 36.1 Å². The number of amides is 3. The molecule has 182 valence electrons. The van der Waals surface area contributed by atoms with Gasteiger partial charge < -0.3 is 15.1 Å². The minimum absolute atomic E-state index is 0.174. The fourth-order valence-corrected chi connectivity index (χ4v) is 5.09. The van der Waals surface area contributed by atoms with Crippen LogP contribution in [-0.2, 0) is 16.1 Å². The second-order valence-electron chi connectivity index (χ2n) is 10.5. The maximum absolute atomic E-state index is 13.8. The molecule has 3 atom stereocenters. The molecule has 0 spiro atoms. The number of anilines is 1. The summed E-state index contributed by atoms with van der Waals surface area (Å²) < 4.78 is 0. The maximum atomic E-state index is 13.8. The third-order valence-corrected chi connectivity index (χ3v) is 6.94. The van der Waals surface area contributed by atoms with E-state index in [1.165, 1.54) is 4.90 Å². The van der Waals surface area contributed by atoms with Crippen molar-refractivity contribution in [3.8, 4) is 6.07 Å². The highest BCUT2D eigenvalue weighted by atomic mass is 35.5. The molecule has 0 saturated heterocycles. The number of likely N-dealkylation sites (N-methyl/N-ethyl adjacent to an activating group) is 1. The Balaban J connectivity index is 1.59. The number of benzene rings is 2. The highest BCUT2D eigenvalue weighted by molar-refractivity contribution is 6.30. The summed E-state index contributed by atoms with van der Waals surface area (Å²) >= 11 is 6.13. The van der Waals surface area contributed by atoms with Gasteiger partial charge in [-0.05, 0) is 53.6 Å².